The number of aromatic nitrogens is 4. The molecule has 4 aromatic rings. The molecular weight excluding hydrogens is 430 g/mol. The Labute approximate surface area is 197 Å². The molecule has 34 heavy (non-hydrogen) atoms. The van der Waals surface area contributed by atoms with Crippen LogP contribution < -0.4 is 10.2 Å². The second kappa shape index (κ2) is 9.30. The van der Waals surface area contributed by atoms with Crippen LogP contribution in [0.15, 0.2) is 65.4 Å². The van der Waals surface area contributed by atoms with Crippen LogP contribution in [0.4, 0.5) is 17.3 Å². The quantitative estimate of drug-likeness (QED) is 0.484. The molecule has 9 heteroatoms. The van der Waals surface area contributed by atoms with Crippen LogP contribution in [0.1, 0.15) is 21.9 Å². The van der Waals surface area contributed by atoms with Crippen molar-refractivity contribution in [3.8, 4) is 11.3 Å². The summed E-state index contributed by atoms with van der Waals surface area (Å²) in [4.78, 5) is 30.1. The number of hydrogen-bond acceptors (Lipinski definition) is 8. The number of carbonyl (C=O) groups is 1. The van der Waals surface area contributed by atoms with Crippen LogP contribution in [0.25, 0.3) is 11.3 Å². The lowest BCUT2D eigenvalue weighted by Gasteiger charge is -2.35. The predicted molar refractivity (Wildman–Crippen MR) is 129 cm³/mol. The van der Waals surface area contributed by atoms with Crippen LogP contribution >= 0.6 is 0 Å². The zero-order valence-electron chi connectivity index (χ0n) is 19.1. The Morgan fingerprint density at radius 2 is 1.79 bits per heavy atom. The number of rotatable bonds is 5. The van der Waals surface area contributed by atoms with Crippen molar-refractivity contribution >= 4 is 23.2 Å². The van der Waals surface area contributed by atoms with E-state index in [-0.39, 0.29) is 5.91 Å². The van der Waals surface area contributed by atoms with Gasteiger partial charge in [-0.2, -0.15) is 0 Å². The van der Waals surface area contributed by atoms with Gasteiger partial charge in [-0.25, -0.2) is 9.97 Å². The van der Waals surface area contributed by atoms with Gasteiger partial charge >= 0.3 is 0 Å². The minimum absolute atomic E-state index is 0.140. The van der Waals surface area contributed by atoms with Gasteiger partial charge in [0.15, 0.2) is 11.5 Å². The Kier molecular flexibility index (Phi) is 5.90. The molecule has 0 radical (unpaired) electrons. The summed E-state index contributed by atoms with van der Waals surface area (Å²) in [6.07, 6.45) is 3.37. The van der Waals surface area contributed by atoms with Gasteiger partial charge < -0.3 is 19.6 Å². The molecular formula is C25H25N7O2. The monoisotopic (exact) mass is 455 g/mol. The fraction of sp³-hybridized carbons (Fsp3) is 0.240. The molecule has 3 aromatic heterocycles. The first-order valence-corrected chi connectivity index (χ1v) is 11.2. The first kappa shape index (κ1) is 21.6. The van der Waals surface area contributed by atoms with Gasteiger partial charge in [-0.3, -0.25) is 9.78 Å². The van der Waals surface area contributed by atoms with Crippen LogP contribution in [0.5, 0.6) is 0 Å². The van der Waals surface area contributed by atoms with Crippen molar-refractivity contribution in [3.05, 3.63) is 78.0 Å². The van der Waals surface area contributed by atoms with Crippen LogP contribution in [0.2, 0.25) is 0 Å². The number of pyridine rings is 1. The zero-order chi connectivity index (χ0) is 23.5. The normalized spacial score (nSPS) is 13.7. The Bertz CT molecular complexity index is 1280. The van der Waals surface area contributed by atoms with E-state index in [9.17, 15) is 4.79 Å². The summed E-state index contributed by atoms with van der Waals surface area (Å²) >= 11 is 0. The highest BCUT2D eigenvalue weighted by molar-refractivity contribution is 5.93. The lowest BCUT2D eigenvalue weighted by Crippen LogP contribution is -2.49. The molecule has 1 aliphatic rings. The summed E-state index contributed by atoms with van der Waals surface area (Å²) in [7, 11) is 0. The molecule has 0 spiro atoms. The third kappa shape index (κ3) is 4.73. The molecule has 172 valence electrons. The van der Waals surface area contributed by atoms with E-state index in [4.69, 9.17) is 4.52 Å². The molecule has 1 amide bonds. The van der Waals surface area contributed by atoms with Crippen molar-refractivity contribution in [1.82, 2.24) is 25.0 Å². The van der Waals surface area contributed by atoms with Crippen molar-refractivity contribution in [2.45, 2.75) is 13.8 Å². The number of hydrogen-bond donors (Lipinski definition) is 1. The smallest absolute Gasteiger partial charge is 0.276 e. The van der Waals surface area contributed by atoms with Gasteiger partial charge in [-0.1, -0.05) is 22.9 Å². The van der Waals surface area contributed by atoms with Crippen LogP contribution in [-0.2, 0) is 0 Å². The van der Waals surface area contributed by atoms with Crippen molar-refractivity contribution in [3.63, 3.8) is 0 Å². The van der Waals surface area contributed by atoms with Gasteiger partial charge in [0.2, 0.25) is 0 Å². The lowest BCUT2D eigenvalue weighted by atomic mass is 10.2. The van der Waals surface area contributed by atoms with Gasteiger partial charge in [0, 0.05) is 62.0 Å². The zero-order valence-corrected chi connectivity index (χ0v) is 19.1. The summed E-state index contributed by atoms with van der Waals surface area (Å²) in [5.41, 5.74) is 3.27. The number of nitrogens with one attached hydrogen (secondary N) is 1. The van der Waals surface area contributed by atoms with Crippen molar-refractivity contribution < 1.29 is 9.32 Å². The van der Waals surface area contributed by atoms with E-state index in [2.05, 4.69) is 49.4 Å². The van der Waals surface area contributed by atoms with Gasteiger partial charge in [0.25, 0.3) is 5.91 Å². The summed E-state index contributed by atoms with van der Waals surface area (Å²) in [6.45, 7) is 6.41. The molecule has 1 aromatic carbocycles. The van der Waals surface area contributed by atoms with Gasteiger partial charge in [0.1, 0.15) is 17.5 Å². The maximum Gasteiger partial charge on any atom is 0.276 e. The minimum atomic E-state index is -0.140. The highest BCUT2D eigenvalue weighted by Gasteiger charge is 2.26. The molecule has 5 rings (SSSR count). The van der Waals surface area contributed by atoms with Crippen LogP contribution in [-0.4, -0.2) is 57.1 Å². The van der Waals surface area contributed by atoms with E-state index in [1.54, 1.807) is 23.4 Å². The maximum atomic E-state index is 13.0. The highest BCUT2D eigenvalue weighted by atomic mass is 16.5. The van der Waals surface area contributed by atoms with Crippen molar-refractivity contribution in [2.24, 2.45) is 0 Å². The van der Waals surface area contributed by atoms with Crippen LogP contribution in [0, 0.1) is 13.8 Å². The molecule has 0 atom stereocenters. The minimum Gasteiger partial charge on any atom is -0.355 e. The largest absolute Gasteiger partial charge is 0.355 e. The van der Waals surface area contributed by atoms with E-state index in [0.717, 1.165) is 22.9 Å². The second-order valence-electron chi connectivity index (χ2n) is 8.25. The van der Waals surface area contributed by atoms with Crippen LogP contribution in [0.3, 0.4) is 0 Å². The number of nitrogens with zero attached hydrogens (tertiary/aromatic N) is 6. The first-order valence-electron chi connectivity index (χ1n) is 11.2. The fourth-order valence-corrected chi connectivity index (χ4v) is 3.88. The molecule has 1 saturated heterocycles. The average molecular weight is 456 g/mol. The Hall–Kier alpha value is -4.27. The predicted octanol–water partition coefficient (Wildman–Crippen LogP) is 3.85. The van der Waals surface area contributed by atoms with Gasteiger partial charge in [0.05, 0.1) is 0 Å². The summed E-state index contributed by atoms with van der Waals surface area (Å²) < 4.78 is 5.36. The number of benzene rings is 1. The third-order valence-corrected chi connectivity index (χ3v) is 5.71. The topological polar surface area (TPSA) is 100 Å². The van der Waals surface area contributed by atoms with Gasteiger partial charge in [-0.05, 0) is 38.1 Å². The van der Waals surface area contributed by atoms with E-state index in [1.807, 2.05) is 37.3 Å². The van der Waals surface area contributed by atoms with Crippen molar-refractivity contribution in [1.29, 1.82) is 0 Å². The standard InChI is InChI=1S/C25H25N7O2/c1-17-5-7-20(8-6-17)29-23-15-24(28-18(2)27-23)31-10-12-32(13-11-31)25(33)21-14-22(34-30-21)19-4-3-9-26-16-19/h3-9,14-16H,10-13H2,1-2H3,(H,27,28,29). The Morgan fingerprint density at radius 3 is 2.53 bits per heavy atom. The molecule has 1 fully saturated rings. The van der Waals surface area contributed by atoms with E-state index in [1.165, 1.54) is 5.56 Å². The first-order chi connectivity index (χ1) is 16.5. The molecule has 0 aliphatic carbocycles. The molecule has 9 nitrogen and oxygen atoms in total. The Morgan fingerprint density at radius 1 is 1.00 bits per heavy atom. The molecule has 1 aliphatic heterocycles. The highest BCUT2D eigenvalue weighted by Crippen LogP contribution is 2.23. The van der Waals surface area contributed by atoms with E-state index in [0.29, 0.717) is 43.5 Å². The van der Waals surface area contributed by atoms with Gasteiger partial charge in [-0.15, -0.1) is 0 Å². The summed E-state index contributed by atoms with van der Waals surface area (Å²) in [6, 6.07) is 15.5. The molecule has 1 N–H and O–H groups in total. The maximum absolute atomic E-state index is 13.0. The molecule has 4 heterocycles. The van der Waals surface area contributed by atoms with E-state index >= 15 is 0 Å². The third-order valence-electron chi connectivity index (χ3n) is 5.71. The van der Waals surface area contributed by atoms with E-state index < -0.39 is 0 Å². The lowest BCUT2D eigenvalue weighted by molar-refractivity contribution is 0.0736. The average Bonchev–Trinajstić information content (AvgIpc) is 3.36. The number of anilines is 3. The summed E-state index contributed by atoms with van der Waals surface area (Å²) in [5.74, 6) is 2.67. The molecule has 0 unspecified atom stereocenters. The number of amides is 1. The molecule has 0 bridgehead atoms. The number of carbonyl (C=O) groups excluding carboxylic acids is 1. The Balaban J connectivity index is 1.24. The number of aryl methyl sites for hydroxylation is 2. The fourth-order valence-electron chi connectivity index (χ4n) is 3.88. The number of piperazine rings is 1. The second-order valence-corrected chi connectivity index (χ2v) is 8.25. The molecule has 0 saturated carbocycles. The SMILES string of the molecule is Cc1ccc(Nc2cc(N3CCN(C(=O)c4cc(-c5cccnc5)on4)CC3)nc(C)n2)cc1. The summed E-state index contributed by atoms with van der Waals surface area (Å²) in [5, 5.41) is 7.33. The van der Waals surface area contributed by atoms with Crippen molar-refractivity contribution in [2.75, 3.05) is 36.4 Å².